The van der Waals surface area contributed by atoms with Crippen LogP contribution in [0.5, 0.6) is 0 Å². The maximum atomic E-state index is 5.34. The number of hydrogen-bond acceptors (Lipinski definition) is 2. The number of thioether (sulfide) groups is 1. The molecule has 2 nitrogen and oxygen atoms in total. The molecule has 0 spiro atoms. The minimum Gasteiger partial charge on any atom is -0.337 e. The Balaban J connectivity index is 2.95. The van der Waals surface area contributed by atoms with Crippen molar-refractivity contribution in [3.05, 3.63) is 16.7 Å². The zero-order valence-electron chi connectivity index (χ0n) is 10.8. The molecule has 0 radical (unpaired) electrons. The molecule has 1 aromatic heterocycles. The van der Waals surface area contributed by atoms with Gasteiger partial charge in [-0.3, -0.25) is 0 Å². The summed E-state index contributed by atoms with van der Waals surface area (Å²) in [7, 11) is 0. The molecule has 4 heteroatoms. The standard InChI is InChI=1S/C12H22N2S2/c1-9(8-16-5)7-14-10(12(2,3)4)6-13-11(14)15/h6,9H,7-8H2,1-5H3,(H,13,15). The van der Waals surface area contributed by atoms with Crippen LogP contribution in [0.4, 0.5) is 0 Å². The minimum atomic E-state index is 0.145. The van der Waals surface area contributed by atoms with Crippen molar-refractivity contribution in [3.8, 4) is 0 Å². The van der Waals surface area contributed by atoms with Gasteiger partial charge in [0, 0.05) is 23.9 Å². The van der Waals surface area contributed by atoms with Crippen molar-refractivity contribution >= 4 is 24.0 Å². The summed E-state index contributed by atoms with van der Waals surface area (Å²) in [6, 6.07) is 0. The van der Waals surface area contributed by atoms with Crippen LogP contribution in [0.1, 0.15) is 33.4 Å². The van der Waals surface area contributed by atoms with Crippen molar-refractivity contribution in [1.29, 1.82) is 0 Å². The molecule has 1 rings (SSSR count). The summed E-state index contributed by atoms with van der Waals surface area (Å²) in [6.07, 6.45) is 4.20. The van der Waals surface area contributed by atoms with E-state index in [0.29, 0.717) is 5.92 Å². The minimum absolute atomic E-state index is 0.145. The molecule has 0 aliphatic carbocycles. The first-order valence-electron chi connectivity index (χ1n) is 5.64. The molecule has 0 fully saturated rings. The second kappa shape index (κ2) is 5.41. The Hall–Kier alpha value is -0.220. The lowest BCUT2D eigenvalue weighted by Crippen LogP contribution is -2.20. The van der Waals surface area contributed by atoms with Gasteiger partial charge in [-0.05, 0) is 30.1 Å². The molecule has 0 aliphatic rings. The van der Waals surface area contributed by atoms with Crippen LogP contribution in [0.2, 0.25) is 0 Å². The molecule has 1 aromatic rings. The zero-order chi connectivity index (χ0) is 12.3. The molecule has 1 atom stereocenters. The average molecular weight is 258 g/mol. The lowest BCUT2D eigenvalue weighted by atomic mass is 9.92. The van der Waals surface area contributed by atoms with E-state index < -0.39 is 0 Å². The van der Waals surface area contributed by atoms with Gasteiger partial charge in [0.25, 0.3) is 0 Å². The van der Waals surface area contributed by atoms with E-state index >= 15 is 0 Å². The third-order valence-corrected chi connectivity index (χ3v) is 3.82. The van der Waals surface area contributed by atoms with Gasteiger partial charge in [0.05, 0.1) is 0 Å². The number of rotatable bonds is 4. The number of hydrogen-bond donors (Lipinski definition) is 1. The fourth-order valence-electron chi connectivity index (χ4n) is 1.85. The third kappa shape index (κ3) is 3.39. The van der Waals surface area contributed by atoms with Crippen LogP contribution >= 0.6 is 24.0 Å². The Morgan fingerprint density at radius 2 is 2.12 bits per heavy atom. The molecule has 0 amide bonds. The predicted molar refractivity (Wildman–Crippen MR) is 75.9 cm³/mol. The molecule has 1 unspecified atom stereocenters. The summed E-state index contributed by atoms with van der Waals surface area (Å²) >= 11 is 7.24. The number of aromatic amines is 1. The Kier molecular flexibility index (Phi) is 4.68. The van der Waals surface area contributed by atoms with E-state index in [9.17, 15) is 0 Å². The Labute approximate surface area is 108 Å². The van der Waals surface area contributed by atoms with Crippen LogP contribution in [0.3, 0.4) is 0 Å². The molecule has 0 saturated heterocycles. The molecule has 1 N–H and O–H groups in total. The highest BCUT2D eigenvalue weighted by Crippen LogP contribution is 2.23. The van der Waals surface area contributed by atoms with Crippen molar-refractivity contribution in [3.63, 3.8) is 0 Å². The maximum Gasteiger partial charge on any atom is 0.177 e. The lowest BCUT2D eigenvalue weighted by molar-refractivity contribution is 0.463. The number of aromatic nitrogens is 2. The summed E-state index contributed by atoms with van der Waals surface area (Å²) < 4.78 is 3.09. The van der Waals surface area contributed by atoms with Crippen molar-refractivity contribution in [2.24, 2.45) is 5.92 Å². The van der Waals surface area contributed by atoms with Crippen LogP contribution in [0.25, 0.3) is 0 Å². The number of nitrogens with one attached hydrogen (secondary N) is 1. The first-order chi connectivity index (χ1) is 7.36. The van der Waals surface area contributed by atoms with E-state index in [-0.39, 0.29) is 5.41 Å². The van der Waals surface area contributed by atoms with Gasteiger partial charge < -0.3 is 9.55 Å². The summed E-state index contributed by atoms with van der Waals surface area (Å²) in [5, 5.41) is 0. The Morgan fingerprint density at radius 3 is 2.62 bits per heavy atom. The highest BCUT2D eigenvalue weighted by atomic mass is 32.2. The topological polar surface area (TPSA) is 20.7 Å². The molecule has 0 bridgehead atoms. The van der Waals surface area contributed by atoms with Gasteiger partial charge in [0.2, 0.25) is 0 Å². The smallest absolute Gasteiger partial charge is 0.177 e. The molecule has 1 heterocycles. The van der Waals surface area contributed by atoms with E-state index in [0.717, 1.165) is 11.3 Å². The Morgan fingerprint density at radius 1 is 1.50 bits per heavy atom. The summed E-state index contributed by atoms with van der Waals surface area (Å²) in [5.41, 5.74) is 1.44. The fourth-order valence-corrected chi connectivity index (χ4v) is 2.75. The number of nitrogens with zero attached hydrogens (tertiary/aromatic N) is 1. The molecule has 0 saturated carbocycles. The van der Waals surface area contributed by atoms with Gasteiger partial charge in [0.15, 0.2) is 4.77 Å². The largest absolute Gasteiger partial charge is 0.337 e. The van der Waals surface area contributed by atoms with Crippen molar-refractivity contribution in [2.75, 3.05) is 12.0 Å². The lowest BCUT2D eigenvalue weighted by Gasteiger charge is -2.22. The predicted octanol–water partition coefficient (Wildman–Crippen LogP) is 3.84. The van der Waals surface area contributed by atoms with Crippen molar-refractivity contribution in [2.45, 2.75) is 39.7 Å². The molecule has 0 aromatic carbocycles. The second-order valence-corrected chi connectivity index (χ2v) is 6.70. The second-order valence-electron chi connectivity index (χ2n) is 5.40. The summed E-state index contributed by atoms with van der Waals surface area (Å²) in [5.74, 6) is 1.83. The van der Waals surface area contributed by atoms with E-state index in [1.54, 1.807) is 0 Å². The fraction of sp³-hybridized carbons (Fsp3) is 0.750. The Bertz CT molecular complexity index is 384. The van der Waals surface area contributed by atoms with E-state index in [1.165, 1.54) is 11.4 Å². The molecular formula is C12H22N2S2. The molecule has 0 aliphatic heterocycles. The third-order valence-electron chi connectivity index (χ3n) is 2.58. The van der Waals surface area contributed by atoms with Gasteiger partial charge in [-0.25, -0.2) is 0 Å². The normalized spacial score (nSPS) is 14.1. The maximum absolute atomic E-state index is 5.34. The number of imidazole rings is 1. The van der Waals surface area contributed by atoms with Gasteiger partial charge in [-0.1, -0.05) is 27.7 Å². The van der Waals surface area contributed by atoms with E-state index in [4.69, 9.17) is 12.2 Å². The SMILES string of the molecule is CSCC(C)Cn1c(C(C)(C)C)c[nH]c1=S. The van der Waals surface area contributed by atoms with Crippen LogP contribution in [0, 0.1) is 10.7 Å². The highest BCUT2D eigenvalue weighted by Gasteiger charge is 2.19. The average Bonchev–Trinajstić information content (AvgIpc) is 2.47. The monoisotopic (exact) mass is 258 g/mol. The molecule has 92 valence electrons. The van der Waals surface area contributed by atoms with Gasteiger partial charge in [-0.2, -0.15) is 11.8 Å². The molecular weight excluding hydrogens is 236 g/mol. The van der Waals surface area contributed by atoms with Gasteiger partial charge >= 0.3 is 0 Å². The summed E-state index contributed by atoms with van der Waals surface area (Å²) in [4.78, 5) is 3.16. The first-order valence-corrected chi connectivity index (χ1v) is 7.44. The van der Waals surface area contributed by atoms with Crippen LogP contribution in [0.15, 0.2) is 6.20 Å². The van der Waals surface area contributed by atoms with Gasteiger partial charge in [0.1, 0.15) is 0 Å². The van der Waals surface area contributed by atoms with Crippen molar-refractivity contribution < 1.29 is 0 Å². The van der Waals surface area contributed by atoms with Crippen LogP contribution in [-0.4, -0.2) is 21.6 Å². The van der Waals surface area contributed by atoms with Crippen LogP contribution < -0.4 is 0 Å². The summed E-state index contributed by atoms with van der Waals surface area (Å²) in [6.45, 7) is 9.95. The van der Waals surface area contributed by atoms with Gasteiger partial charge in [-0.15, -0.1) is 0 Å². The molecule has 16 heavy (non-hydrogen) atoms. The quantitative estimate of drug-likeness (QED) is 0.828. The van der Waals surface area contributed by atoms with Crippen LogP contribution in [-0.2, 0) is 12.0 Å². The zero-order valence-corrected chi connectivity index (χ0v) is 12.5. The van der Waals surface area contributed by atoms with E-state index in [2.05, 4.69) is 43.5 Å². The van der Waals surface area contributed by atoms with E-state index in [1.807, 2.05) is 18.0 Å². The number of H-pyrrole nitrogens is 1. The highest BCUT2D eigenvalue weighted by molar-refractivity contribution is 7.98. The van der Waals surface area contributed by atoms with Crippen molar-refractivity contribution in [1.82, 2.24) is 9.55 Å². The first kappa shape index (κ1) is 13.8.